The molecule has 2 rings (SSSR count). The van der Waals surface area contributed by atoms with Crippen LogP contribution in [0, 0.1) is 29.6 Å². The Hall–Kier alpha value is -1.10. The molecule has 0 radical (unpaired) electrons. The van der Waals surface area contributed by atoms with Crippen LogP contribution in [0.4, 0.5) is 0 Å². The van der Waals surface area contributed by atoms with Crippen molar-refractivity contribution in [2.45, 2.75) is 52.0 Å². The Morgan fingerprint density at radius 1 is 1.29 bits per heavy atom. The second-order valence-electron chi connectivity index (χ2n) is 7.23. The van der Waals surface area contributed by atoms with Crippen molar-refractivity contribution >= 4 is 11.9 Å². The van der Waals surface area contributed by atoms with Crippen molar-refractivity contribution in [3.63, 3.8) is 0 Å². The third-order valence-corrected chi connectivity index (χ3v) is 5.14. The maximum atomic E-state index is 12.2. The van der Waals surface area contributed by atoms with E-state index < -0.39 is 11.9 Å². The summed E-state index contributed by atoms with van der Waals surface area (Å²) < 4.78 is 0. The van der Waals surface area contributed by atoms with Gasteiger partial charge in [-0.05, 0) is 55.9 Å². The van der Waals surface area contributed by atoms with E-state index in [2.05, 4.69) is 19.2 Å². The van der Waals surface area contributed by atoms with Gasteiger partial charge in [0.05, 0.1) is 5.92 Å². The Morgan fingerprint density at radius 2 is 1.95 bits per heavy atom. The van der Waals surface area contributed by atoms with Gasteiger partial charge in [0.15, 0.2) is 0 Å². The molecule has 2 saturated carbocycles. The van der Waals surface area contributed by atoms with Gasteiger partial charge in [-0.25, -0.2) is 0 Å². The number of carboxylic acid groups (broad SMARTS) is 1. The van der Waals surface area contributed by atoms with Gasteiger partial charge in [-0.2, -0.15) is 0 Å². The predicted molar refractivity (Wildman–Crippen MR) is 80.5 cm³/mol. The monoisotopic (exact) mass is 296 g/mol. The number of fused-ring (bicyclic) bond motifs is 2. The van der Waals surface area contributed by atoms with Crippen LogP contribution in [0.2, 0.25) is 0 Å². The smallest absolute Gasteiger partial charge is 0.308 e. The maximum absolute atomic E-state index is 12.2. The summed E-state index contributed by atoms with van der Waals surface area (Å²) in [5, 5.41) is 12.4. The van der Waals surface area contributed by atoms with E-state index in [1.165, 1.54) is 0 Å². The summed E-state index contributed by atoms with van der Waals surface area (Å²) in [5.41, 5.74) is 5.74. The van der Waals surface area contributed by atoms with Crippen molar-refractivity contribution in [3.8, 4) is 0 Å². The van der Waals surface area contributed by atoms with Gasteiger partial charge >= 0.3 is 5.97 Å². The first-order valence-corrected chi connectivity index (χ1v) is 8.14. The van der Waals surface area contributed by atoms with E-state index in [1.807, 2.05) is 0 Å². The molecule has 0 saturated heterocycles. The molecule has 120 valence electrons. The molecule has 2 aliphatic carbocycles. The number of nitrogens with two attached hydrogens (primary N) is 1. The minimum Gasteiger partial charge on any atom is -0.481 e. The fourth-order valence-corrected chi connectivity index (χ4v) is 4.29. The molecule has 1 amide bonds. The fourth-order valence-electron chi connectivity index (χ4n) is 4.29. The predicted octanol–water partition coefficient (Wildman–Crippen LogP) is 1.61. The summed E-state index contributed by atoms with van der Waals surface area (Å²) in [5.74, 6) is 0.113. The first-order valence-electron chi connectivity index (χ1n) is 8.14. The number of carbonyl (C=O) groups excluding carboxylic acids is 1. The molecule has 0 aromatic carbocycles. The van der Waals surface area contributed by atoms with Crippen molar-refractivity contribution in [2.75, 3.05) is 6.54 Å². The van der Waals surface area contributed by atoms with Gasteiger partial charge in [-0.3, -0.25) is 9.59 Å². The molecule has 5 atom stereocenters. The summed E-state index contributed by atoms with van der Waals surface area (Å²) in [7, 11) is 0. The molecule has 0 heterocycles. The Kier molecular flexibility index (Phi) is 5.25. The lowest BCUT2D eigenvalue weighted by molar-refractivity contribution is -0.144. The van der Waals surface area contributed by atoms with Crippen LogP contribution in [0.1, 0.15) is 46.0 Å². The molecule has 0 aromatic heterocycles. The number of hydrogen-bond acceptors (Lipinski definition) is 3. The van der Waals surface area contributed by atoms with Gasteiger partial charge in [0, 0.05) is 12.5 Å². The van der Waals surface area contributed by atoms with Crippen LogP contribution in [0.25, 0.3) is 0 Å². The summed E-state index contributed by atoms with van der Waals surface area (Å²) in [6.45, 7) is 4.75. The van der Waals surface area contributed by atoms with Crippen molar-refractivity contribution < 1.29 is 14.7 Å². The van der Waals surface area contributed by atoms with Gasteiger partial charge in [0.1, 0.15) is 0 Å². The summed E-state index contributed by atoms with van der Waals surface area (Å²) >= 11 is 0. The van der Waals surface area contributed by atoms with E-state index >= 15 is 0 Å². The highest BCUT2D eigenvalue weighted by atomic mass is 16.4. The van der Waals surface area contributed by atoms with Gasteiger partial charge < -0.3 is 16.2 Å². The molecular formula is C16H28N2O3. The average Bonchev–Trinajstić information content (AvgIpc) is 2.97. The number of carbonyl (C=O) groups is 2. The summed E-state index contributed by atoms with van der Waals surface area (Å²) in [6.07, 6.45) is 4.34. The number of hydrogen-bond donors (Lipinski definition) is 3. The quantitative estimate of drug-likeness (QED) is 0.665. The number of amides is 1. The van der Waals surface area contributed by atoms with Crippen molar-refractivity contribution in [2.24, 2.45) is 35.3 Å². The van der Waals surface area contributed by atoms with Gasteiger partial charge in [0.2, 0.25) is 5.91 Å². The van der Waals surface area contributed by atoms with E-state index in [0.29, 0.717) is 24.8 Å². The molecule has 5 unspecified atom stereocenters. The fraction of sp³-hybridized carbons (Fsp3) is 0.875. The number of carboxylic acids is 1. The Bertz CT molecular complexity index is 397. The molecule has 0 aliphatic heterocycles. The van der Waals surface area contributed by atoms with E-state index in [4.69, 9.17) is 5.73 Å². The Balaban J connectivity index is 1.91. The zero-order chi connectivity index (χ0) is 15.6. The van der Waals surface area contributed by atoms with Crippen LogP contribution in [-0.4, -0.2) is 29.6 Å². The van der Waals surface area contributed by atoms with Crippen molar-refractivity contribution in [1.29, 1.82) is 0 Å². The standard InChI is InChI=1S/C16H28N2O3/c1-9(2)5-10(8-17)6-13(19)18-15-12-4-3-11(7-12)14(15)16(20)21/h9-12,14-15H,3-8,17H2,1-2H3,(H,18,19)(H,20,21). The highest BCUT2D eigenvalue weighted by Gasteiger charge is 2.51. The normalized spacial score (nSPS) is 32.4. The topological polar surface area (TPSA) is 92.4 Å². The van der Waals surface area contributed by atoms with E-state index in [9.17, 15) is 14.7 Å². The lowest BCUT2D eigenvalue weighted by Crippen LogP contribution is -2.47. The molecule has 4 N–H and O–H groups in total. The van der Waals surface area contributed by atoms with Gasteiger partial charge in [-0.15, -0.1) is 0 Å². The highest BCUT2D eigenvalue weighted by Crippen LogP contribution is 2.48. The van der Waals surface area contributed by atoms with E-state index in [1.54, 1.807) is 0 Å². The van der Waals surface area contributed by atoms with Gasteiger partial charge in [-0.1, -0.05) is 13.8 Å². The summed E-state index contributed by atoms with van der Waals surface area (Å²) in [6, 6.07) is -0.175. The highest BCUT2D eigenvalue weighted by molar-refractivity contribution is 5.79. The molecule has 0 aromatic rings. The molecule has 21 heavy (non-hydrogen) atoms. The summed E-state index contributed by atoms with van der Waals surface area (Å²) in [4.78, 5) is 23.7. The van der Waals surface area contributed by atoms with E-state index in [0.717, 1.165) is 25.7 Å². The lowest BCUT2D eigenvalue weighted by Gasteiger charge is -2.29. The molecule has 2 bridgehead atoms. The zero-order valence-electron chi connectivity index (χ0n) is 13.0. The van der Waals surface area contributed by atoms with Crippen molar-refractivity contribution in [1.82, 2.24) is 5.32 Å². The maximum Gasteiger partial charge on any atom is 0.308 e. The molecule has 0 spiro atoms. The molecule has 5 nitrogen and oxygen atoms in total. The van der Waals surface area contributed by atoms with Crippen LogP contribution >= 0.6 is 0 Å². The third kappa shape index (κ3) is 3.76. The number of rotatable bonds is 7. The molecule has 5 heteroatoms. The first kappa shape index (κ1) is 16.3. The van der Waals surface area contributed by atoms with Crippen LogP contribution in [-0.2, 0) is 9.59 Å². The third-order valence-electron chi connectivity index (χ3n) is 5.14. The Morgan fingerprint density at radius 3 is 2.52 bits per heavy atom. The number of aliphatic carboxylic acids is 1. The van der Waals surface area contributed by atoms with Gasteiger partial charge in [0.25, 0.3) is 0 Å². The van der Waals surface area contributed by atoms with Crippen molar-refractivity contribution in [3.05, 3.63) is 0 Å². The molecule has 2 fully saturated rings. The number of nitrogens with one attached hydrogen (secondary N) is 1. The van der Waals surface area contributed by atoms with E-state index in [-0.39, 0.29) is 23.8 Å². The van der Waals surface area contributed by atoms with Crippen LogP contribution in [0.5, 0.6) is 0 Å². The van der Waals surface area contributed by atoms with Crippen LogP contribution in [0.3, 0.4) is 0 Å². The second kappa shape index (κ2) is 6.77. The molecular weight excluding hydrogens is 268 g/mol. The zero-order valence-corrected chi connectivity index (χ0v) is 13.0. The average molecular weight is 296 g/mol. The van der Waals surface area contributed by atoms with Crippen LogP contribution < -0.4 is 11.1 Å². The van der Waals surface area contributed by atoms with Crippen LogP contribution in [0.15, 0.2) is 0 Å². The lowest BCUT2D eigenvalue weighted by atomic mass is 9.84. The SMILES string of the molecule is CC(C)CC(CN)CC(=O)NC1C2CCC(C2)C1C(=O)O. The Labute approximate surface area is 126 Å². The minimum absolute atomic E-state index is 0.0325. The molecule has 2 aliphatic rings. The first-order chi connectivity index (χ1) is 9.92. The minimum atomic E-state index is -0.759. The largest absolute Gasteiger partial charge is 0.481 e. The second-order valence-corrected chi connectivity index (χ2v) is 7.23.